The van der Waals surface area contributed by atoms with Crippen LogP contribution in [0.2, 0.25) is 0 Å². The Morgan fingerprint density at radius 1 is 1.57 bits per heavy atom. The maximum Gasteiger partial charge on any atom is 0.407 e. The van der Waals surface area contributed by atoms with Crippen LogP contribution in [0, 0.1) is 0 Å². The number of carboxylic acid groups (broad SMARTS) is 1. The number of hydrogen-bond acceptors (Lipinski definition) is 4. The van der Waals surface area contributed by atoms with E-state index in [2.05, 4.69) is 22.0 Å². The molecule has 3 rings (SSSR count). The average Bonchev–Trinajstić information content (AvgIpc) is 3.11. The molecule has 2 aromatic heterocycles. The zero-order chi connectivity index (χ0) is 14.8. The molecule has 2 N–H and O–H groups in total. The lowest BCUT2D eigenvalue weighted by Gasteiger charge is -2.21. The number of fused-ring (bicyclic) bond motifs is 1. The number of nitrogens with one attached hydrogen (secondary N) is 1. The average molecular weight is 287 g/mol. The number of hydrogen-bond donors (Lipinski definition) is 2. The lowest BCUT2D eigenvalue weighted by molar-refractivity contribution is 0.142. The van der Waals surface area contributed by atoms with E-state index in [4.69, 9.17) is 5.11 Å². The van der Waals surface area contributed by atoms with Crippen LogP contribution in [-0.2, 0) is 0 Å². The van der Waals surface area contributed by atoms with Crippen LogP contribution in [0.1, 0.15) is 18.5 Å². The van der Waals surface area contributed by atoms with Gasteiger partial charge in [0, 0.05) is 13.1 Å². The molecule has 1 atom stereocenters. The van der Waals surface area contributed by atoms with Gasteiger partial charge in [-0.3, -0.25) is 0 Å². The van der Waals surface area contributed by atoms with Crippen molar-refractivity contribution in [1.29, 1.82) is 0 Å². The second-order valence-electron chi connectivity index (χ2n) is 5.03. The quantitative estimate of drug-likeness (QED) is 0.897. The van der Waals surface area contributed by atoms with Gasteiger partial charge in [0.1, 0.15) is 5.82 Å². The van der Waals surface area contributed by atoms with E-state index in [1.807, 2.05) is 12.1 Å². The van der Waals surface area contributed by atoms with Crippen LogP contribution in [0.4, 0.5) is 10.6 Å². The summed E-state index contributed by atoms with van der Waals surface area (Å²) >= 11 is 0. The Morgan fingerprint density at radius 2 is 2.43 bits per heavy atom. The summed E-state index contributed by atoms with van der Waals surface area (Å²) in [5, 5.41) is 16.8. The van der Waals surface area contributed by atoms with Crippen molar-refractivity contribution >= 4 is 23.6 Å². The molecule has 21 heavy (non-hydrogen) atoms. The van der Waals surface area contributed by atoms with Crippen molar-refractivity contribution in [1.82, 2.24) is 19.5 Å². The Labute approximate surface area is 121 Å². The summed E-state index contributed by atoms with van der Waals surface area (Å²) in [4.78, 5) is 16.8. The Balaban J connectivity index is 1.73. The minimum Gasteiger partial charge on any atom is -0.465 e. The van der Waals surface area contributed by atoms with E-state index < -0.39 is 6.09 Å². The van der Waals surface area contributed by atoms with Crippen LogP contribution in [-0.4, -0.2) is 49.8 Å². The summed E-state index contributed by atoms with van der Waals surface area (Å²) in [5.41, 5.74) is 1.57. The molecule has 3 heterocycles. The number of rotatable bonds is 4. The van der Waals surface area contributed by atoms with Crippen LogP contribution < -0.4 is 5.32 Å². The number of likely N-dealkylation sites (tertiary alicyclic amines) is 1. The Hall–Kier alpha value is -2.57. The molecule has 1 fully saturated rings. The first-order valence-corrected chi connectivity index (χ1v) is 6.89. The zero-order valence-corrected chi connectivity index (χ0v) is 11.6. The third kappa shape index (κ3) is 2.54. The van der Waals surface area contributed by atoms with Crippen molar-refractivity contribution in [2.45, 2.75) is 18.9 Å². The van der Waals surface area contributed by atoms with E-state index >= 15 is 0 Å². The first-order chi connectivity index (χ1) is 10.2. The molecule has 110 valence electrons. The molecular formula is C14H17N5O2. The Kier molecular flexibility index (Phi) is 3.47. The van der Waals surface area contributed by atoms with E-state index in [1.165, 1.54) is 4.90 Å². The summed E-state index contributed by atoms with van der Waals surface area (Å²) < 4.78 is 1.71. The molecule has 1 aliphatic heterocycles. The molecule has 0 unspecified atom stereocenters. The van der Waals surface area contributed by atoms with Crippen LogP contribution in [0.25, 0.3) is 11.7 Å². The van der Waals surface area contributed by atoms with Gasteiger partial charge in [-0.1, -0.05) is 6.58 Å². The molecule has 0 aromatic carbocycles. The number of carbonyl (C=O) groups is 1. The summed E-state index contributed by atoms with van der Waals surface area (Å²) in [6, 6.07) is 3.71. The lowest BCUT2D eigenvalue weighted by Crippen LogP contribution is -2.38. The van der Waals surface area contributed by atoms with Crippen molar-refractivity contribution in [2.24, 2.45) is 0 Å². The molecule has 0 aliphatic carbocycles. The SMILES string of the molecule is C=Cc1cnc2ccc(NC[C@@H]3CCCN3C(=O)O)nn12. The fourth-order valence-electron chi connectivity index (χ4n) is 2.65. The molecule has 7 heteroatoms. The molecule has 1 saturated heterocycles. The molecule has 0 spiro atoms. The maximum atomic E-state index is 11.1. The predicted molar refractivity (Wildman–Crippen MR) is 79.3 cm³/mol. The standard InChI is InChI=1S/C14H17N5O2/c1-2-10-8-16-13-6-5-12(17-19(10)13)15-9-11-4-3-7-18(11)14(20)21/h2,5-6,8,11H,1,3-4,7,9H2,(H,15,17)(H,20,21)/t11-/m0/s1. The van der Waals surface area contributed by atoms with Crippen LogP contribution in [0.3, 0.4) is 0 Å². The first-order valence-electron chi connectivity index (χ1n) is 6.89. The van der Waals surface area contributed by atoms with E-state index in [-0.39, 0.29) is 6.04 Å². The lowest BCUT2D eigenvalue weighted by atomic mass is 10.2. The number of aromatic nitrogens is 3. The second-order valence-corrected chi connectivity index (χ2v) is 5.03. The maximum absolute atomic E-state index is 11.1. The van der Waals surface area contributed by atoms with Gasteiger partial charge in [0.05, 0.1) is 17.9 Å². The summed E-state index contributed by atoms with van der Waals surface area (Å²) in [5.74, 6) is 0.695. The highest BCUT2D eigenvalue weighted by Crippen LogP contribution is 2.18. The predicted octanol–water partition coefficient (Wildman–Crippen LogP) is 1.93. The number of anilines is 1. The molecule has 7 nitrogen and oxygen atoms in total. The Morgan fingerprint density at radius 3 is 3.19 bits per heavy atom. The van der Waals surface area contributed by atoms with Gasteiger partial charge in [0.15, 0.2) is 5.65 Å². The van der Waals surface area contributed by atoms with Gasteiger partial charge in [-0.2, -0.15) is 0 Å². The van der Waals surface area contributed by atoms with Gasteiger partial charge < -0.3 is 15.3 Å². The second kappa shape index (κ2) is 5.43. The molecule has 0 bridgehead atoms. The van der Waals surface area contributed by atoms with Gasteiger partial charge in [-0.25, -0.2) is 14.3 Å². The van der Waals surface area contributed by atoms with Gasteiger partial charge >= 0.3 is 6.09 Å². The van der Waals surface area contributed by atoms with Crippen molar-refractivity contribution in [3.8, 4) is 0 Å². The van der Waals surface area contributed by atoms with Crippen LogP contribution in [0.5, 0.6) is 0 Å². The molecule has 2 aromatic rings. The Bertz CT molecular complexity index is 681. The molecule has 0 saturated carbocycles. The van der Waals surface area contributed by atoms with Crippen molar-refractivity contribution in [2.75, 3.05) is 18.4 Å². The highest BCUT2D eigenvalue weighted by molar-refractivity contribution is 5.66. The molecule has 1 amide bonds. The monoisotopic (exact) mass is 287 g/mol. The molecule has 1 aliphatic rings. The number of nitrogens with zero attached hydrogens (tertiary/aromatic N) is 4. The number of imidazole rings is 1. The minimum atomic E-state index is -0.855. The normalized spacial score (nSPS) is 18.1. The van der Waals surface area contributed by atoms with Crippen LogP contribution >= 0.6 is 0 Å². The van der Waals surface area contributed by atoms with Crippen molar-refractivity contribution < 1.29 is 9.90 Å². The fourth-order valence-corrected chi connectivity index (χ4v) is 2.65. The highest BCUT2D eigenvalue weighted by Gasteiger charge is 2.28. The third-order valence-corrected chi connectivity index (χ3v) is 3.74. The summed E-state index contributed by atoms with van der Waals surface area (Å²) in [6.07, 6.45) is 4.34. The van der Waals surface area contributed by atoms with Gasteiger partial charge in [0.25, 0.3) is 0 Å². The smallest absolute Gasteiger partial charge is 0.407 e. The topological polar surface area (TPSA) is 82.8 Å². The van der Waals surface area contributed by atoms with E-state index in [9.17, 15) is 4.79 Å². The fraction of sp³-hybridized carbons (Fsp3) is 0.357. The summed E-state index contributed by atoms with van der Waals surface area (Å²) in [6.45, 7) is 4.89. The van der Waals surface area contributed by atoms with Gasteiger partial charge in [0.2, 0.25) is 0 Å². The minimum absolute atomic E-state index is 0.00154. The molecule has 0 radical (unpaired) electrons. The van der Waals surface area contributed by atoms with E-state index in [1.54, 1.807) is 16.8 Å². The van der Waals surface area contributed by atoms with Crippen molar-refractivity contribution in [3.05, 3.63) is 30.6 Å². The van der Waals surface area contributed by atoms with E-state index in [0.29, 0.717) is 18.9 Å². The highest BCUT2D eigenvalue weighted by atomic mass is 16.4. The van der Waals surface area contributed by atoms with E-state index in [0.717, 1.165) is 24.2 Å². The largest absolute Gasteiger partial charge is 0.465 e. The number of amides is 1. The van der Waals surface area contributed by atoms with Gasteiger partial charge in [-0.05, 0) is 31.1 Å². The molecular weight excluding hydrogens is 270 g/mol. The summed E-state index contributed by atoms with van der Waals surface area (Å²) in [7, 11) is 0. The van der Waals surface area contributed by atoms with Crippen LogP contribution in [0.15, 0.2) is 24.9 Å². The third-order valence-electron chi connectivity index (χ3n) is 3.74. The zero-order valence-electron chi connectivity index (χ0n) is 11.6. The van der Waals surface area contributed by atoms with Crippen molar-refractivity contribution in [3.63, 3.8) is 0 Å². The van der Waals surface area contributed by atoms with Gasteiger partial charge in [-0.15, -0.1) is 5.10 Å². The first kappa shape index (κ1) is 13.4.